The van der Waals surface area contributed by atoms with E-state index >= 15 is 0 Å². The minimum absolute atomic E-state index is 0. The van der Waals surface area contributed by atoms with Crippen LogP contribution >= 0.6 is 36.4 Å². The molecule has 0 radical (unpaired) electrons. The zero-order valence-electron chi connectivity index (χ0n) is 9.92. The van der Waals surface area contributed by atoms with Crippen molar-refractivity contribution in [2.45, 2.75) is 26.2 Å². The number of hydrogen-bond acceptors (Lipinski definition) is 1. The summed E-state index contributed by atoms with van der Waals surface area (Å²) in [7, 11) is 0. The monoisotopic (exact) mass is 336 g/mol. The van der Waals surface area contributed by atoms with Crippen molar-refractivity contribution in [3.8, 4) is 5.75 Å². The van der Waals surface area contributed by atoms with Gasteiger partial charge in [0.25, 0.3) is 0 Å². The molecule has 0 saturated carbocycles. The van der Waals surface area contributed by atoms with Gasteiger partial charge in [-0.1, -0.05) is 0 Å². The summed E-state index contributed by atoms with van der Waals surface area (Å²) < 4.78 is 17.8. The summed E-state index contributed by atoms with van der Waals surface area (Å²) in [4.78, 5) is 3.29. The summed E-state index contributed by atoms with van der Waals surface area (Å²) in [6, 6.07) is 5.31. The van der Waals surface area contributed by atoms with Crippen LogP contribution in [-0.4, -0.2) is 4.82 Å². The van der Waals surface area contributed by atoms with Crippen LogP contribution in [0.5, 0.6) is 5.75 Å². The molecule has 6 heteroatoms. The van der Waals surface area contributed by atoms with Gasteiger partial charge < -0.3 is 0 Å². The first-order chi connectivity index (χ1) is 6.79. The summed E-state index contributed by atoms with van der Waals surface area (Å²) in [5.41, 5.74) is 1.00. The molecule has 0 saturated heterocycles. The fourth-order valence-corrected chi connectivity index (χ4v) is 1.99. The van der Waals surface area contributed by atoms with Crippen molar-refractivity contribution in [2.75, 3.05) is 0 Å². The molecule has 0 amide bonds. The molecular weight excluding hydrogens is 321 g/mol. The summed E-state index contributed by atoms with van der Waals surface area (Å²) in [5.74, 6) is 0.486. The molecule has 0 spiro atoms. The van der Waals surface area contributed by atoms with E-state index in [4.69, 9.17) is 14.9 Å². The van der Waals surface area contributed by atoms with Gasteiger partial charge in [0, 0.05) is 0 Å². The van der Waals surface area contributed by atoms with Crippen molar-refractivity contribution in [3.05, 3.63) is 28.8 Å². The Morgan fingerprint density at radius 2 is 1.76 bits per heavy atom. The van der Waals surface area contributed by atoms with Crippen LogP contribution in [0, 0.1) is 0 Å². The molecule has 1 aromatic rings. The van der Waals surface area contributed by atoms with E-state index in [-0.39, 0.29) is 30.2 Å². The second-order valence-corrected chi connectivity index (χ2v) is 6.25. The molecule has 0 aliphatic heterocycles. The number of halogens is 4. The van der Waals surface area contributed by atoms with Crippen LogP contribution < -0.4 is 3.32 Å². The molecule has 0 bridgehead atoms. The summed E-state index contributed by atoms with van der Waals surface area (Å²) in [6.45, 7) is 6.21. The molecule has 0 aromatic heterocycles. The van der Waals surface area contributed by atoms with Crippen LogP contribution in [0.1, 0.15) is 26.3 Å². The van der Waals surface area contributed by atoms with Gasteiger partial charge in [0.15, 0.2) is 0 Å². The second kappa shape index (κ2) is 7.75. The van der Waals surface area contributed by atoms with E-state index in [0.29, 0.717) is 10.8 Å². The normalized spacial score (nSPS) is 9.94. The predicted molar refractivity (Wildman–Crippen MR) is 73.5 cm³/mol. The molecule has 1 nitrogen and oxygen atoms in total. The minimum atomic E-state index is -3.05. The Bertz CT molecular complexity index is 391. The van der Waals surface area contributed by atoms with E-state index < -0.39 is 18.3 Å². The molecule has 0 N–H and O–H groups in total. The van der Waals surface area contributed by atoms with Gasteiger partial charge >= 0.3 is 102 Å². The molecule has 98 valence electrons. The fourth-order valence-electron chi connectivity index (χ4n) is 1.18. The molecule has 0 heterocycles. The quantitative estimate of drug-likeness (QED) is 0.710. The van der Waals surface area contributed by atoms with Gasteiger partial charge in [-0.2, -0.15) is 0 Å². The van der Waals surface area contributed by atoms with Gasteiger partial charge in [0.2, 0.25) is 0 Å². The van der Waals surface area contributed by atoms with E-state index in [2.05, 4.69) is 25.6 Å². The van der Waals surface area contributed by atoms with E-state index in [9.17, 15) is 3.09 Å². The van der Waals surface area contributed by atoms with Gasteiger partial charge in [0.1, 0.15) is 0 Å². The molecule has 0 aliphatic carbocycles. The Morgan fingerprint density at radius 3 is 2.18 bits per heavy atom. The first-order valence-corrected chi connectivity index (χ1v) is 7.33. The topological polar surface area (TPSA) is 9.23 Å². The molecule has 1 aromatic carbocycles. The summed E-state index contributed by atoms with van der Waals surface area (Å²) >= 11 is 2.89. The van der Waals surface area contributed by atoms with Crippen molar-refractivity contribution in [1.82, 2.24) is 0 Å². The number of benzene rings is 1. The summed E-state index contributed by atoms with van der Waals surface area (Å²) in [5, 5.41) is 0.567. The fraction of sp³-hybridized carbons (Fsp3) is 0.364. The van der Waals surface area contributed by atoms with Gasteiger partial charge in [-0.15, -0.1) is 24.8 Å². The molecule has 1 rings (SSSR count). The van der Waals surface area contributed by atoms with Crippen LogP contribution in [-0.2, 0) is 23.7 Å². The molecule has 0 unspecified atom stereocenters. The van der Waals surface area contributed by atoms with Crippen molar-refractivity contribution in [2.24, 2.45) is 0 Å². The van der Waals surface area contributed by atoms with Crippen LogP contribution in [0.3, 0.4) is 0 Å². The van der Waals surface area contributed by atoms with Gasteiger partial charge in [-0.25, -0.2) is 0 Å². The van der Waals surface area contributed by atoms with Gasteiger partial charge in [0.05, 0.1) is 0 Å². The number of hydrogen-bond donors (Lipinski definition) is 0. The van der Waals surface area contributed by atoms with Crippen molar-refractivity contribution in [1.29, 1.82) is 0 Å². The molecule has 0 aliphatic rings. The van der Waals surface area contributed by atoms with Crippen molar-refractivity contribution >= 4 is 41.2 Å². The van der Waals surface area contributed by atoms with Crippen LogP contribution in [0.4, 0.5) is 3.09 Å². The molecule has 0 fully saturated rings. The van der Waals surface area contributed by atoms with Gasteiger partial charge in [-0.3, -0.25) is 0 Å². The Labute approximate surface area is 126 Å². The summed E-state index contributed by atoms with van der Waals surface area (Å²) in [6.07, 6.45) is 0. The number of rotatable bonds is 2. The average molecular weight is 337 g/mol. The predicted octanol–water partition coefficient (Wildman–Crippen LogP) is 4.71. The van der Waals surface area contributed by atoms with E-state index in [1.54, 1.807) is 6.07 Å². The van der Waals surface area contributed by atoms with E-state index in [0.717, 1.165) is 5.56 Å². The Hall–Kier alpha value is 0.404. The first-order valence-electron chi connectivity index (χ1n) is 4.62. The van der Waals surface area contributed by atoms with E-state index in [1.807, 2.05) is 12.1 Å². The van der Waals surface area contributed by atoms with E-state index in [1.165, 1.54) is 0 Å². The van der Waals surface area contributed by atoms with Crippen LogP contribution in [0.15, 0.2) is 18.2 Å². The average Bonchev–Trinajstić information content (AvgIpc) is 1.99. The maximum atomic E-state index is 12.7. The third-order valence-corrected chi connectivity index (χ3v) is 2.90. The molecular formula is C11H16Cl3FOTi. The van der Waals surface area contributed by atoms with Crippen molar-refractivity contribution < 1.29 is 24.7 Å². The zero-order valence-corrected chi connectivity index (χ0v) is 13.9. The van der Waals surface area contributed by atoms with Crippen molar-refractivity contribution in [3.63, 3.8) is 0 Å². The maximum absolute atomic E-state index is 12.7. The Kier molecular flexibility index (Phi) is 9.00. The van der Waals surface area contributed by atoms with Gasteiger partial charge in [-0.05, 0) is 0 Å². The third-order valence-electron chi connectivity index (χ3n) is 1.97. The van der Waals surface area contributed by atoms with Crippen LogP contribution in [0.25, 0.3) is 0 Å². The SMILES string of the molecule is Cl.Cl.[CH2]=[Ti]([F])[O]c1cc(Cl)cc(C(C)(C)C)c1. The first kappa shape index (κ1) is 19.7. The Morgan fingerprint density at radius 1 is 1.24 bits per heavy atom. The third kappa shape index (κ3) is 6.78. The Balaban J connectivity index is 0. The second-order valence-electron chi connectivity index (χ2n) is 4.38. The molecule has 0 atom stereocenters. The molecule has 17 heavy (non-hydrogen) atoms. The zero-order chi connectivity index (χ0) is 11.6. The van der Waals surface area contributed by atoms with Crippen LogP contribution in [0.2, 0.25) is 5.02 Å². The standard InChI is InChI=1S/C10H13ClO.CH2.2ClH.FH.Ti/c1-10(2,3)7-4-8(11)6-9(12)5-7;;;;;/h4-6,12H,1-3H3;1H2;3*1H;/q;;;;;+2/p-2.